The first kappa shape index (κ1) is 17.6. The number of nitrogens with zero attached hydrogens (tertiary/aromatic N) is 7. The summed E-state index contributed by atoms with van der Waals surface area (Å²) in [6.45, 7) is 0.494. The van der Waals surface area contributed by atoms with E-state index in [0.717, 1.165) is 22.0 Å². The highest BCUT2D eigenvalue weighted by molar-refractivity contribution is 7.98. The molecule has 0 saturated carbocycles. The highest BCUT2D eigenvalue weighted by Gasteiger charge is 2.15. The van der Waals surface area contributed by atoms with Gasteiger partial charge in [-0.25, -0.2) is 0 Å². The lowest BCUT2D eigenvalue weighted by Gasteiger charge is -2.14. The molecule has 0 aliphatic rings. The second-order valence-electron chi connectivity index (χ2n) is 6.52. The zero-order chi connectivity index (χ0) is 19.8. The van der Waals surface area contributed by atoms with Gasteiger partial charge in [-0.05, 0) is 24.3 Å². The molecular weight excluding hydrogens is 388 g/mol. The Morgan fingerprint density at radius 1 is 0.966 bits per heavy atom. The molecule has 1 N–H and O–H groups in total. The summed E-state index contributed by atoms with van der Waals surface area (Å²) in [6, 6.07) is 15.3. The molecule has 0 amide bonds. The van der Waals surface area contributed by atoms with Crippen molar-refractivity contribution in [3.05, 3.63) is 70.4 Å². The number of para-hydroxylation sites is 2. The quantitative estimate of drug-likeness (QED) is 0.353. The SMILES string of the molecule is Cn1c(Cn2c3ccccc3c(=O)c3ccccc32)nnc1SCc1nn[nH]n1. The fraction of sp³-hybridized carbons (Fsp3) is 0.158. The summed E-state index contributed by atoms with van der Waals surface area (Å²) in [4.78, 5) is 12.9. The van der Waals surface area contributed by atoms with Crippen LogP contribution in [-0.2, 0) is 19.3 Å². The van der Waals surface area contributed by atoms with Crippen LogP contribution in [0.25, 0.3) is 21.8 Å². The molecule has 2 aromatic carbocycles. The second-order valence-corrected chi connectivity index (χ2v) is 7.47. The van der Waals surface area contributed by atoms with Gasteiger partial charge in [0.1, 0.15) is 0 Å². The molecule has 3 aromatic heterocycles. The molecule has 0 fully saturated rings. The van der Waals surface area contributed by atoms with Crippen LogP contribution in [0.3, 0.4) is 0 Å². The normalized spacial score (nSPS) is 11.5. The van der Waals surface area contributed by atoms with Crippen LogP contribution < -0.4 is 5.43 Å². The maximum Gasteiger partial charge on any atom is 0.197 e. The van der Waals surface area contributed by atoms with Crippen molar-refractivity contribution >= 4 is 33.6 Å². The van der Waals surface area contributed by atoms with Crippen LogP contribution in [0, 0.1) is 0 Å². The lowest BCUT2D eigenvalue weighted by atomic mass is 10.1. The average molecular weight is 404 g/mol. The van der Waals surface area contributed by atoms with E-state index >= 15 is 0 Å². The van der Waals surface area contributed by atoms with Crippen LogP contribution >= 0.6 is 11.8 Å². The van der Waals surface area contributed by atoms with E-state index in [1.165, 1.54) is 11.8 Å². The van der Waals surface area contributed by atoms with Crippen molar-refractivity contribution < 1.29 is 0 Å². The average Bonchev–Trinajstić information content (AvgIpc) is 3.40. The van der Waals surface area contributed by atoms with Gasteiger partial charge in [0.25, 0.3) is 0 Å². The van der Waals surface area contributed by atoms with E-state index in [-0.39, 0.29) is 5.43 Å². The minimum absolute atomic E-state index is 0.0433. The van der Waals surface area contributed by atoms with Gasteiger partial charge in [-0.3, -0.25) is 4.79 Å². The van der Waals surface area contributed by atoms with Crippen LogP contribution in [0.2, 0.25) is 0 Å². The number of aromatic amines is 1. The molecule has 0 spiro atoms. The van der Waals surface area contributed by atoms with Gasteiger partial charge >= 0.3 is 0 Å². The molecule has 0 atom stereocenters. The number of thioether (sulfide) groups is 1. The summed E-state index contributed by atoms with van der Waals surface area (Å²) in [7, 11) is 1.93. The molecule has 144 valence electrons. The Bertz CT molecular complexity index is 1310. The van der Waals surface area contributed by atoms with E-state index in [4.69, 9.17) is 0 Å². The number of nitrogens with one attached hydrogen (secondary N) is 1. The van der Waals surface area contributed by atoms with Crippen molar-refractivity contribution in [2.75, 3.05) is 0 Å². The Hall–Kier alpha value is -3.53. The Labute approximate surface area is 168 Å². The molecule has 0 aliphatic heterocycles. The summed E-state index contributed by atoms with van der Waals surface area (Å²) in [5, 5.41) is 24.7. The third kappa shape index (κ3) is 3.07. The van der Waals surface area contributed by atoms with Gasteiger partial charge in [-0.1, -0.05) is 41.2 Å². The fourth-order valence-electron chi connectivity index (χ4n) is 3.37. The van der Waals surface area contributed by atoms with E-state index in [1.54, 1.807) is 0 Å². The molecule has 0 radical (unpaired) electrons. The zero-order valence-electron chi connectivity index (χ0n) is 15.5. The minimum atomic E-state index is 0.0433. The number of hydrogen-bond donors (Lipinski definition) is 1. The van der Waals surface area contributed by atoms with Crippen molar-refractivity contribution in [3.8, 4) is 0 Å². The van der Waals surface area contributed by atoms with Gasteiger partial charge in [-0.2, -0.15) is 5.21 Å². The number of H-pyrrole nitrogens is 1. The molecule has 0 bridgehead atoms. The highest BCUT2D eigenvalue weighted by atomic mass is 32.2. The van der Waals surface area contributed by atoms with Gasteiger partial charge in [0, 0.05) is 17.8 Å². The minimum Gasteiger partial charge on any atom is -0.333 e. The zero-order valence-corrected chi connectivity index (χ0v) is 16.3. The van der Waals surface area contributed by atoms with E-state index in [2.05, 4.69) is 35.4 Å². The van der Waals surface area contributed by atoms with Crippen LogP contribution in [-0.4, -0.2) is 40.0 Å². The molecule has 10 heteroatoms. The molecule has 0 unspecified atom stereocenters. The molecule has 0 saturated heterocycles. The first-order chi connectivity index (χ1) is 14.2. The maximum absolute atomic E-state index is 12.9. The summed E-state index contributed by atoms with van der Waals surface area (Å²) in [6.07, 6.45) is 0. The highest BCUT2D eigenvalue weighted by Crippen LogP contribution is 2.22. The van der Waals surface area contributed by atoms with Gasteiger partial charge in [0.05, 0.1) is 23.3 Å². The monoisotopic (exact) mass is 404 g/mol. The van der Waals surface area contributed by atoms with Gasteiger partial charge in [0.2, 0.25) is 0 Å². The summed E-state index contributed by atoms with van der Waals surface area (Å²) < 4.78 is 4.07. The van der Waals surface area contributed by atoms with Gasteiger partial charge in [-0.15, -0.1) is 20.4 Å². The van der Waals surface area contributed by atoms with E-state index < -0.39 is 0 Å². The molecule has 9 nitrogen and oxygen atoms in total. The lowest BCUT2D eigenvalue weighted by molar-refractivity contribution is 0.696. The van der Waals surface area contributed by atoms with Crippen molar-refractivity contribution in [1.82, 2.24) is 40.0 Å². The topological polar surface area (TPSA) is 107 Å². The number of fused-ring (bicyclic) bond motifs is 2. The third-order valence-electron chi connectivity index (χ3n) is 4.82. The predicted octanol–water partition coefficient (Wildman–Crippen LogP) is 2.14. The standard InChI is InChI=1S/C19H16N8OS/c1-26-17(22-23-19(26)29-11-16-20-24-25-21-16)10-27-14-8-4-2-6-12(14)18(28)13-7-3-5-9-15(13)27/h2-9H,10-11H2,1H3,(H,20,21,24,25). The molecule has 3 heterocycles. The van der Waals surface area contributed by atoms with Crippen LogP contribution in [0.5, 0.6) is 0 Å². The Kier molecular flexibility index (Phi) is 4.32. The van der Waals surface area contributed by atoms with Crippen LogP contribution in [0.1, 0.15) is 11.6 Å². The number of benzene rings is 2. The number of aromatic nitrogens is 8. The van der Waals surface area contributed by atoms with Crippen molar-refractivity contribution in [1.29, 1.82) is 0 Å². The number of tetrazole rings is 1. The largest absolute Gasteiger partial charge is 0.333 e. The predicted molar refractivity (Wildman–Crippen MR) is 110 cm³/mol. The van der Waals surface area contributed by atoms with Crippen LogP contribution in [0.15, 0.2) is 58.5 Å². The summed E-state index contributed by atoms with van der Waals surface area (Å²) in [5.74, 6) is 1.95. The van der Waals surface area contributed by atoms with E-state index in [1.807, 2.05) is 60.1 Å². The Morgan fingerprint density at radius 3 is 2.31 bits per heavy atom. The second kappa shape index (κ2) is 7.13. The van der Waals surface area contributed by atoms with Gasteiger partial charge in [0.15, 0.2) is 22.2 Å². The molecule has 0 aliphatic carbocycles. The first-order valence-electron chi connectivity index (χ1n) is 8.96. The lowest BCUT2D eigenvalue weighted by Crippen LogP contribution is -2.14. The summed E-state index contributed by atoms with van der Waals surface area (Å²) in [5.41, 5.74) is 1.79. The Balaban J connectivity index is 1.57. The molecular formula is C19H16N8OS. The molecule has 29 heavy (non-hydrogen) atoms. The van der Waals surface area contributed by atoms with Crippen LogP contribution in [0.4, 0.5) is 0 Å². The van der Waals surface area contributed by atoms with Crippen molar-refractivity contribution in [3.63, 3.8) is 0 Å². The van der Waals surface area contributed by atoms with E-state index in [9.17, 15) is 4.79 Å². The molecule has 5 aromatic rings. The molecule has 5 rings (SSSR count). The van der Waals surface area contributed by atoms with Crippen molar-refractivity contribution in [2.45, 2.75) is 17.5 Å². The summed E-state index contributed by atoms with van der Waals surface area (Å²) >= 11 is 1.49. The number of pyridine rings is 1. The third-order valence-corrected chi connectivity index (χ3v) is 5.84. The van der Waals surface area contributed by atoms with Gasteiger partial charge < -0.3 is 9.13 Å². The number of hydrogen-bond acceptors (Lipinski definition) is 7. The Morgan fingerprint density at radius 2 is 1.66 bits per heavy atom. The van der Waals surface area contributed by atoms with Crippen molar-refractivity contribution in [2.24, 2.45) is 7.05 Å². The van der Waals surface area contributed by atoms with E-state index in [0.29, 0.717) is 28.9 Å². The number of rotatable bonds is 5. The first-order valence-corrected chi connectivity index (χ1v) is 9.94. The fourth-order valence-corrected chi connectivity index (χ4v) is 4.15. The maximum atomic E-state index is 12.9. The smallest absolute Gasteiger partial charge is 0.197 e.